The maximum Gasteiger partial charge on any atom is 0.228 e. The molecule has 2 heterocycles. The molecule has 0 bridgehead atoms. The van der Waals surface area contributed by atoms with Crippen molar-refractivity contribution >= 4 is 23.3 Å². The molecule has 1 aromatic carbocycles. The number of halogens is 1. The molecule has 0 aliphatic carbocycles. The molecule has 3 rings (SSSR count). The molecule has 0 saturated carbocycles. The Morgan fingerprint density at radius 3 is 2.72 bits per heavy atom. The van der Waals surface area contributed by atoms with E-state index in [-0.39, 0.29) is 17.5 Å². The number of carbonyl (C=O) groups excluding carboxylic acids is 1. The maximum atomic E-state index is 12.4. The Morgan fingerprint density at radius 2 is 2.08 bits per heavy atom. The summed E-state index contributed by atoms with van der Waals surface area (Å²) in [5, 5.41) is 19.8. The summed E-state index contributed by atoms with van der Waals surface area (Å²) in [5.41, 5.74) is 1.41. The number of carbonyl (C=O) groups is 1. The molecule has 1 fully saturated rings. The SMILES string of the molecule is N#Cc1ccc(NC(=O)C2CCN(Cc3cccc(Cl)c3)CC2)nn1. The van der Waals surface area contributed by atoms with Crippen LogP contribution in [-0.4, -0.2) is 34.1 Å². The number of piperidine rings is 1. The minimum Gasteiger partial charge on any atom is -0.309 e. The van der Waals surface area contributed by atoms with E-state index in [1.807, 2.05) is 24.3 Å². The van der Waals surface area contributed by atoms with Crippen LogP contribution in [0.4, 0.5) is 5.82 Å². The van der Waals surface area contributed by atoms with Gasteiger partial charge in [0.05, 0.1) is 0 Å². The first-order valence-corrected chi connectivity index (χ1v) is 8.53. The normalized spacial score (nSPS) is 15.5. The minimum atomic E-state index is -0.0404. The lowest BCUT2D eigenvalue weighted by molar-refractivity contribution is -0.121. The van der Waals surface area contributed by atoms with Gasteiger partial charge in [0.2, 0.25) is 5.91 Å². The van der Waals surface area contributed by atoms with E-state index in [1.54, 1.807) is 6.07 Å². The van der Waals surface area contributed by atoms with Crippen molar-refractivity contribution in [1.29, 1.82) is 5.26 Å². The van der Waals surface area contributed by atoms with E-state index in [0.29, 0.717) is 5.82 Å². The fourth-order valence-corrected chi connectivity index (χ4v) is 3.15. The predicted molar refractivity (Wildman–Crippen MR) is 94.8 cm³/mol. The molecule has 0 radical (unpaired) electrons. The molecule has 0 spiro atoms. The number of likely N-dealkylation sites (tertiary alicyclic amines) is 1. The van der Waals surface area contributed by atoms with Gasteiger partial charge in [-0.2, -0.15) is 5.26 Å². The van der Waals surface area contributed by atoms with Gasteiger partial charge in [-0.3, -0.25) is 9.69 Å². The maximum absolute atomic E-state index is 12.4. The number of benzene rings is 1. The Hall–Kier alpha value is -2.49. The monoisotopic (exact) mass is 355 g/mol. The van der Waals surface area contributed by atoms with Crippen LogP contribution in [-0.2, 0) is 11.3 Å². The van der Waals surface area contributed by atoms with E-state index in [0.717, 1.165) is 37.5 Å². The molecule has 1 aromatic heterocycles. The molecule has 1 aliphatic rings. The van der Waals surface area contributed by atoms with Crippen molar-refractivity contribution in [3.05, 3.63) is 52.7 Å². The summed E-state index contributed by atoms with van der Waals surface area (Å²) in [7, 11) is 0. The van der Waals surface area contributed by atoms with Gasteiger partial charge >= 0.3 is 0 Å². The molecule has 7 heteroatoms. The Balaban J connectivity index is 1.49. The van der Waals surface area contributed by atoms with Gasteiger partial charge in [-0.15, -0.1) is 10.2 Å². The summed E-state index contributed by atoms with van der Waals surface area (Å²) in [6.45, 7) is 2.57. The zero-order valence-electron chi connectivity index (χ0n) is 13.7. The predicted octanol–water partition coefficient (Wildman–Crippen LogP) is 2.85. The van der Waals surface area contributed by atoms with Gasteiger partial charge in [0, 0.05) is 17.5 Å². The Bertz CT molecular complexity index is 779. The molecular weight excluding hydrogens is 338 g/mol. The van der Waals surface area contributed by atoms with Crippen molar-refractivity contribution in [2.75, 3.05) is 18.4 Å². The van der Waals surface area contributed by atoms with Gasteiger partial charge < -0.3 is 5.32 Å². The highest BCUT2D eigenvalue weighted by Gasteiger charge is 2.25. The molecule has 0 atom stereocenters. The Morgan fingerprint density at radius 1 is 1.28 bits per heavy atom. The van der Waals surface area contributed by atoms with Crippen LogP contribution < -0.4 is 5.32 Å². The van der Waals surface area contributed by atoms with Crippen LogP contribution in [0.3, 0.4) is 0 Å². The van der Waals surface area contributed by atoms with Gasteiger partial charge in [-0.1, -0.05) is 23.7 Å². The number of rotatable bonds is 4. The van der Waals surface area contributed by atoms with Gasteiger partial charge in [-0.25, -0.2) is 0 Å². The summed E-state index contributed by atoms with van der Waals surface area (Å²) in [6.07, 6.45) is 1.60. The molecule has 25 heavy (non-hydrogen) atoms. The van der Waals surface area contributed by atoms with Crippen LogP contribution in [0.5, 0.6) is 0 Å². The number of amides is 1. The van der Waals surface area contributed by atoms with Crippen molar-refractivity contribution < 1.29 is 4.79 Å². The second-order valence-electron chi connectivity index (χ2n) is 6.09. The van der Waals surface area contributed by atoms with Crippen LogP contribution in [0.2, 0.25) is 5.02 Å². The third-order valence-corrected chi connectivity index (χ3v) is 4.52. The van der Waals surface area contributed by atoms with E-state index in [9.17, 15) is 4.79 Å². The van der Waals surface area contributed by atoms with Crippen molar-refractivity contribution in [3.8, 4) is 6.07 Å². The fourth-order valence-electron chi connectivity index (χ4n) is 2.93. The molecule has 1 aliphatic heterocycles. The first kappa shape index (κ1) is 17.3. The molecule has 2 aromatic rings. The number of hydrogen-bond donors (Lipinski definition) is 1. The first-order chi connectivity index (χ1) is 12.1. The summed E-state index contributed by atoms with van der Waals surface area (Å²) in [4.78, 5) is 14.7. The van der Waals surface area contributed by atoms with Gasteiger partial charge in [0.15, 0.2) is 11.5 Å². The number of hydrogen-bond acceptors (Lipinski definition) is 5. The van der Waals surface area contributed by atoms with Crippen molar-refractivity contribution in [2.24, 2.45) is 5.92 Å². The van der Waals surface area contributed by atoms with Gasteiger partial charge in [-0.05, 0) is 55.8 Å². The average Bonchev–Trinajstić information content (AvgIpc) is 2.63. The zero-order chi connectivity index (χ0) is 17.6. The van der Waals surface area contributed by atoms with E-state index in [4.69, 9.17) is 16.9 Å². The Kier molecular flexibility index (Phi) is 5.59. The summed E-state index contributed by atoms with van der Waals surface area (Å²) >= 11 is 6.02. The van der Waals surface area contributed by atoms with Crippen molar-refractivity contribution in [3.63, 3.8) is 0 Å². The van der Waals surface area contributed by atoms with Gasteiger partial charge in [0.25, 0.3) is 0 Å². The van der Waals surface area contributed by atoms with Crippen LogP contribution in [0.1, 0.15) is 24.1 Å². The summed E-state index contributed by atoms with van der Waals surface area (Å²) in [6, 6.07) is 12.9. The third kappa shape index (κ3) is 4.75. The van der Waals surface area contributed by atoms with Crippen molar-refractivity contribution in [1.82, 2.24) is 15.1 Å². The minimum absolute atomic E-state index is 0.0342. The topological polar surface area (TPSA) is 81.9 Å². The lowest BCUT2D eigenvalue weighted by atomic mass is 9.95. The van der Waals surface area contributed by atoms with E-state index in [2.05, 4.69) is 26.5 Å². The van der Waals surface area contributed by atoms with Crippen LogP contribution >= 0.6 is 11.6 Å². The first-order valence-electron chi connectivity index (χ1n) is 8.15. The molecule has 1 N–H and O–H groups in total. The van der Waals surface area contributed by atoms with E-state index >= 15 is 0 Å². The standard InChI is InChI=1S/C18H18ClN5O/c19-15-3-1-2-13(10-15)12-24-8-6-14(7-9-24)18(25)21-17-5-4-16(11-20)22-23-17/h1-5,10,14H,6-9,12H2,(H,21,23,25). The Labute approximate surface area is 151 Å². The molecule has 0 unspecified atom stereocenters. The quantitative estimate of drug-likeness (QED) is 0.911. The zero-order valence-corrected chi connectivity index (χ0v) is 14.4. The van der Waals surface area contributed by atoms with Crippen LogP contribution in [0.15, 0.2) is 36.4 Å². The molecule has 1 amide bonds. The van der Waals surface area contributed by atoms with E-state index < -0.39 is 0 Å². The molecule has 6 nitrogen and oxygen atoms in total. The largest absolute Gasteiger partial charge is 0.309 e. The highest BCUT2D eigenvalue weighted by atomic mass is 35.5. The highest BCUT2D eigenvalue weighted by Crippen LogP contribution is 2.21. The number of anilines is 1. The summed E-state index contributed by atoms with van der Waals surface area (Å²) in [5.74, 6) is 0.305. The molecule has 1 saturated heterocycles. The lowest BCUT2D eigenvalue weighted by Crippen LogP contribution is -2.37. The molecule has 128 valence electrons. The fraction of sp³-hybridized carbons (Fsp3) is 0.333. The number of nitrogens with one attached hydrogen (secondary N) is 1. The van der Waals surface area contributed by atoms with Gasteiger partial charge in [0.1, 0.15) is 6.07 Å². The highest BCUT2D eigenvalue weighted by molar-refractivity contribution is 6.30. The smallest absolute Gasteiger partial charge is 0.228 e. The molecular formula is C18H18ClN5O. The number of nitrogens with zero attached hydrogens (tertiary/aromatic N) is 4. The van der Waals surface area contributed by atoms with Crippen LogP contribution in [0, 0.1) is 17.2 Å². The van der Waals surface area contributed by atoms with E-state index in [1.165, 1.54) is 11.6 Å². The lowest BCUT2D eigenvalue weighted by Gasteiger charge is -2.31. The number of nitriles is 1. The van der Waals surface area contributed by atoms with Crippen LogP contribution in [0.25, 0.3) is 0 Å². The third-order valence-electron chi connectivity index (χ3n) is 4.28. The second kappa shape index (κ2) is 8.06. The second-order valence-corrected chi connectivity index (χ2v) is 6.52. The average molecular weight is 356 g/mol. The number of aromatic nitrogens is 2. The summed E-state index contributed by atoms with van der Waals surface area (Å²) < 4.78 is 0. The van der Waals surface area contributed by atoms with Crippen molar-refractivity contribution in [2.45, 2.75) is 19.4 Å².